The van der Waals surface area contributed by atoms with Crippen molar-refractivity contribution in [1.82, 2.24) is 0 Å². The minimum absolute atomic E-state index is 0.489. The minimum Gasteiger partial charge on any atom is -0.497 e. The van der Waals surface area contributed by atoms with E-state index in [-0.39, 0.29) is 0 Å². The molecule has 1 aromatic rings. The van der Waals surface area contributed by atoms with Gasteiger partial charge in [-0.15, -0.1) is 0 Å². The highest BCUT2D eigenvalue weighted by atomic mass is 79.9. The van der Waals surface area contributed by atoms with Gasteiger partial charge in [0.15, 0.2) is 0 Å². The van der Waals surface area contributed by atoms with Gasteiger partial charge in [-0.25, -0.2) is 0 Å². The van der Waals surface area contributed by atoms with Crippen molar-refractivity contribution in [3.8, 4) is 5.75 Å². The summed E-state index contributed by atoms with van der Waals surface area (Å²) >= 11 is 3.55. The first-order valence-electron chi connectivity index (χ1n) is 5.68. The summed E-state index contributed by atoms with van der Waals surface area (Å²) in [5.41, 5.74) is 1.10. The number of nitrogens with one attached hydrogen (secondary N) is 1. The maximum Gasteiger partial charge on any atom is 0.121 e. The molecule has 2 nitrogen and oxygen atoms in total. The zero-order chi connectivity index (χ0) is 12.1. The maximum absolute atomic E-state index is 5.22. The molecule has 1 rings (SSSR count). The fourth-order valence-electron chi connectivity index (χ4n) is 1.68. The van der Waals surface area contributed by atoms with E-state index in [1.807, 2.05) is 18.2 Å². The van der Waals surface area contributed by atoms with Gasteiger partial charge < -0.3 is 10.1 Å². The third-order valence-corrected chi connectivity index (χ3v) is 3.45. The van der Waals surface area contributed by atoms with Crippen molar-refractivity contribution in [2.24, 2.45) is 5.92 Å². The van der Waals surface area contributed by atoms with Gasteiger partial charge in [-0.2, -0.15) is 0 Å². The molecule has 0 saturated heterocycles. The monoisotopic (exact) mass is 285 g/mol. The normalized spacial score (nSPS) is 12.6. The predicted octanol–water partition coefficient (Wildman–Crippen LogP) is 4.30. The van der Waals surface area contributed by atoms with E-state index < -0.39 is 0 Å². The van der Waals surface area contributed by atoms with Crippen LogP contribution in [0.25, 0.3) is 0 Å². The second-order valence-corrected chi connectivity index (χ2v) is 5.10. The molecule has 0 saturated carbocycles. The van der Waals surface area contributed by atoms with E-state index in [2.05, 4.69) is 42.0 Å². The van der Waals surface area contributed by atoms with Gasteiger partial charge in [0, 0.05) is 16.6 Å². The fourth-order valence-corrected chi connectivity index (χ4v) is 2.04. The summed E-state index contributed by atoms with van der Waals surface area (Å²) in [6.45, 7) is 6.66. The molecule has 16 heavy (non-hydrogen) atoms. The Morgan fingerprint density at radius 3 is 2.56 bits per heavy atom. The molecule has 0 bridgehead atoms. The highest BCUT2D eigenvalue weighted by Gasteiger charge is 2.12. The molecular weight excluding hydrogens is 266 g/mol. The van der Waals surface area contributed by atoms with Gasteiger partial charge >= 0.3 is 0 Å². The Kier molecular flexibility index (Phi) is 5.13. The highest BCUT2D eigenvalue weighted by molar-refractivity contribution is 9.10. The standard InChI is InChI=1S/C13H20BrNO/c1-5-12(9(2)3)15-13-8-10(16-4)6-7-11(13)14/h6-9,12,15H,5H2,1-4H3. The molecule has 1 unspecified atom stereocenters. The van der Waals surface area contributed by atoms with Crippen LogP contribution in [0.5, 0.6) is 5.75 Å². The molecule has 0 radical (unpaired) electrons. The van der Waals surface area contributed by atoms with E-state index in [1.54, 1.807) is 7.11 Å². The number of hydrogen-bond acceptors (Lipinski definition) is 2. The smallest absolute Gasteiger partial charge is 0.121 e. The summed E-state index contributed by atoms with van der Waals surface area (Å²) in [6.07, 6.45) is 1.11. The molecule has 0 aliphatic heterocycles. The van der Waals surface area contributed by atoms with Crippen molar-refractivity contribution in [2.75, 3.05) is 12.4 Å². The Balaban J connectivity index is 2.86. The lowest BCUT2D eigenvalue weighted by molar-refractivity contribution is 0.414. The average molecular weight is 286 g/mol. The predicted molar refractivity (Wildman–Crippen MR) is 73.2 cm³/mol. The van der Waals surface area contributed by atoms with E-state index in [4.69, 9.17) is 4.74 Å². The van der Waals surface area contributed by atoms with Crippen LogP contribution < -0.4 is 10.1 Å². The minimum atomic E-state index is 0.489. The highest BCUT2D eigenvalue weighted by Crippen LogP contribution is 2.28. The average Bonchev–Trinajstić information content (AvgIpc) is 2.27. The summed E-state index contributed by atoms with van der Waals surface area (Å²) in [5.74, 6) is 1.49. The van der Waals surface area contributed by atoms with Crippen LogP contribution in [-0.2, 0) is 0 Å². The lowest BCUT2D eigenvalue weighted by atomic mass is 10.0. The topological polar surface area (TPSA) is 21.3 Å². The largest absolute Gasteiger partial charge is 0.497 e. The van der Waals surface area contributed by atoms with Crippen LogP contribution in [0.4, 0.5) is 5.69 Å². The van der Waals surface area contributed by atoms with Gasteiger partial charge in [0.2, 0.25) is 0 Å². The van der Waals surface area contributed by atoms with Crippen molar-refractivity contribution in [3.63, 3.8) is 0 Å². The number of anilines is 1. The number of methoxy groups -OCH3 is 1. The molecule has 0 aromatic heterocycles. The van der Waals surface area contributed by atoms with Crippen LogP contribution in [0.1, 0.15) is 27.2 Å². The Labute approximate surface area is 107 Å². The van der Waals surface area contributed by atoms with Gasteiger partial charge in [0.1, 0.15) is 5.75 Å². The van der Waals surface area contributed by atoms with Crippen LogP contribution in [0.15, 0.2) is 22.7 Å². The first-order chi connectivity index (χ1) is 7.58. The molecule has 1 aromatic carbocycles. The summed E-state index contributed by atoms with van der Waals surface area (Å²) in [7, 11) is 1.69. The fraction of sp³-hybridized carbons (Fsp3) is 0.538. The van der Waals surface area contributed by atoms with Crippen molar-refractivity contribution in [3.05, 3.63) is 22.7 Å². The van der Waals surface area contributed by atoms with Gasteiger partial charge in [0.05, 0.1) is 12.8 Å². The van der Waals surface area contributed by atoms with Crippen molar-refractivity contribution < 1.29 is 4.74 Å². The first-order valence-corrected chi connectivity index (χ1v) is 6.47. The van der Waals surface area contributed by atoms with Crippen LogP contribution in [0.2, 0.25) is 0 Å². The van der Waals surface area contributed by atoms with Crippen molar-refractivity contribution in [1.29, 1.82) is 0 Å². The molecule has 0 aliphatic rings. The van der Waals surface area contributed by atoms with Crippen LogP contribution >= 0.6 is 15.9 Å². The lowest BCUT2D eigenvalue weighted by Gasteiger charge is -2.23. The zero-order valence-corrected chi connectivity index (χ0v) is 12.0. The molecule has 1 atom stereocenters. The molecule has 90 valence electrons. The zero-order valence-electron chi connectivity index (χ0n) is 10.4. The van der Waals surface area contributed by atoms with E-state index in [1.165, 1.54) is 0 Å². The molecule has 0 amide bonds. The summed E-state index contributed by atoms with van der Waals surface area (Å²) in [5, 5.41) is 3.54. The lowest BCUT2D eigenvalue weighted by Crippen LogP contribution is -2.24. The van der Waals surface area contributed by atoms with Crippen LogP contribution in [0.3, 0.4) is 0 Å². The summed E-state index contributed by atoms with van der Waals surface area (Å²) in [6, 6.07) is 6.47. The quantitative estimate of drug-likeness (QED) is 0.871. The number of ether oxygens (including phenoxy) is 1. The van der Waals surface area contributed by atoms with Gasteiger partial charge in [-0.3, -0.25) is 0 Å². The van der Waals surface area contributed by atoms with Crippen molar-refractivity contribution in [2.45, 2.75) is 33.2 Å². The molecule has 0 spiro atoms. The third kappa shape index (κ3) is 3.41. The molecule has 0 heterocycles. The number of hydrogen-bond donors (Lipinski definition) is 1. The Morgan fingerprint density at radius 2 is 2.06 bits per heavy atom. The van der Waals surface area contributed by atoms with Gasteiger partial charge in [-0.05, 0) is 40.4 Å². The number of rotatable bonds is 5. The van der Waals surface area contributed by atoms with E-state index >= 15 is 0 Å². The molecular formula is C13H20BrNO. The van der Waals surface area contributed by atoms with Crippen LogP contribution in [-0.4, -0.2) is 13.2 Å². The molecule has 1 N–H and O–H groups in total. The molecule has 3 heteroatoms. The molecule has 0 aliphatic carbocycles. The SMILES string of the molecule is CCC(Nc1cc(OC)ccc1Br)C(C)C. The first kappa shape index (κ1) is 13.4. The summed E-state index contributed by atoms with van der Waals surface area (Å²) < 4.78 is 6.30. The second kappa shape index (κ2) is 6.14. The van der Waals surface area contributed by atoms with Gasteiger partial charge in [-0.1, -0.05) is 20.8 Å². The van der Waals surface area contributed by atoms with E-state index in [0.29, 0.717) is 12.0 Å². The number of benzene rings is 1. The Morgan fingerprint density at radius 1 is 1.38 bits per heavy atom. The Bertz CT molecular complexity index is 339. The van der Waals surface area contributed by atoms with E-state index in [9.17, 15) is 0 Å². The van der Waals surface area contributed by atoms with Gasteiger partial charge in [0.25, 0.3) is 0 Å². The van der Waals surface area contributed by atoms with E-state index in [0.717, 1.165) is 22.3 Å². The molecule has 0 fully saturated rings. The Hall–Kier alpha value is -0.700. The second-order valence-electron chi connectivity index (χ2n) is 4.25. The number of halogens is 1. The maximum atomic E-state index is 5.22. The van der Waals surface area contributed by atoms with Crippen LogP contribution in [0, 0.1) is 5.92 Å². The van der Waals surface area contributed by atoms with Crippen molar-refractivity contribution >= 4 is 21.6 Å². The summed E-state index contributed by atoms with van der Waals surface area (Å²) in [4.78, 5) is 0. The third-order valence-electron chi connectivity index (χ3n) is 2.76.